The lowest BCUT2D eigenvalue weighted by Gasteiger charge is -2.44. The van der Waals surface area contributed by atoms with Crippen LogP contribution in [0.4, 0.5) is 0 Å². The number of ether oxygens (including phenoxy) is 2. The molecule has 0 aliphatic heterocycles. The molecule has 0 radical (unpaired) electrons. The molecule has 0 amide bonds. The maximum Gasteiger partial charge on any atom is 0.236 e. The van der Waals surface area contributed by atoms with Gasteiger partial charge in [-0.25, -0.2) is 0 Å². The highest BCUT2D eigenvalue weighted by atomic mass is 17.2. The van der Waals surface area contributed by atoms with E-state index in [-0.39, 0.29) is 11.8 Å². The van der Waals surface area contributed by atoms with E-state index in [1.165, 1.54) is 0 Å². The van der Waals surface area contributed by atoms with Gasteiger partial charge < -0.3 is 9.47 Å². The third-order valence-electron chi connectivity index (χ3n) is 7.15. The molecule has 0 aromatic heterocycles. The third kappa shape index (κ3) is 16.3. The minimum atomic E-state index is -1.53. The van der Waals surface area contributed by atoms with Crippen LogP contribution < -0.4 is 0 Å². The molecule has 0 saturated heterocycles. The first-order valence-corrected chi connectivity index (χ1v) is 17.4. The maximum atomic E-state index is 6.56. The van der Waals surface area contributed by atoms with E-state index in [1.807, 2.05) is 96.9 Å². The van der Waals surface area contributed by atoms with Gasteiger partial charge >= 0.3 is 0 Å². The average Bonchev–Trinajstić information content (AvgIpc) is 2.87. The van der Waals surface area contributed by atoms with E-state index < -0.39 is 56.9 Å². The van der Waals surface area contributed by atoms with Crippen molar-refractivity contribution in [3.8, 4) is 0 Å². The van der Waals surface area contributed by atoms with E-state index >= 15 is 0 Å². The minimum absolute atomic E-state index is 0.262. The van der Waals surface area contributed by atoms with Gasteiger partial charge in [0.25, 0.3) is 0 Å². The predicted octanol–water partition coefficient (Wildman–Crippen LogP) is 11.0. The lowest BCUT2D eigenvalue weighted by atomic mass is 9.82. The molecular formula is C36H74N8O4. The lowest BCUT2D eigenvalue weighted by molar-refractivity contribution is -0.422. The second kappa shape index (κ2) is 17.0. The van der Waals surface area contributed by atoms with Crippen LogP contribution in [0.15, 0.2) is 40.9 Å². The standard InChI is InChI=1S/C36H74N8O4/c1-25(2)23-33(17,45-21)27(37-39-29(5,6)7)35(19,43-41-31(11,12)13)47-48-36(20,44-42-32(14,15)16)28(38-40-30(8,9)10)34(18,46-22)24-26(3)4/h25-28H,23-24H2,1-22H3. The molecule has 282 valence electrons. The molecule has 0 aromatic rings. The zero-order chi connectivity index (χ0) is 38.2. The van der Waals surface area contributed by atoms with E-state index in [1.54, 1.807) is 28.1 Å². The molecule has 12 heteroatoms. The molecular weight excluding hydrogens is 608 g/mol. The molecule has 0 spiro atoms. The van der Waals surface area contributed by atoms with Crippen LogP contribution in [0.2, 0.25) is 0 Å². The maximum absolute atomic E-state index is 6.56. The van der Waals surface area contributed by atoms with Gasteiger partial charge in [0, 0.05) is 14.2 Å². The number of hydrogen-bond acceptors (Lipinski definition) is 12. The van der Waals surface area contributed by atoms with Gasteiger partial charge in [0.05, 0.1) is 33.4 Å². The van der Waals surface area contributed by atoms with E-state index in [9.17, 15) is 0 Å². The molecule has 48 heavy (non-hydrogen) atoms. The molecule has 0 bridgehead atoms. The molecule has 0 aromatic carbocycles. The summed E-state index contributed by atoms with van der Waals surface area (Å²) < 4.78 is 12.5. The van der Waals surface area contributed by atoms with Crippen LogP contribution in [-0.4, -0.2) is 71.1 Å². The van der Waals surface area contributed by atoms with Gasteiger partial charge in [0.15, 0.2) is 12.1 Å². The minimum Gasteiger partial charge on any atom is -0.376 e. The van der Waals surface area contributed by atoms with Crippen molar-refractivity contribution in [2.45, 2.75) is 208 Å². The fourth-order valence-electron chi connectivity index (χ4n) is 5.19. The highest BCUT2D eigenvalue weighted by Gasteiger charge is 2.55. The van der Waals surface area contributed by atoms with Crippen LogP contribution in [0.25, 0.3) is 0 Å². The number of methoxy groups -OCH3 is 2. The molecule has 0 N–H and O–H groups in total. The first kappa shape index (κ1) is 46.2. The second-order valence-electron chi connectivity index (χ2n) is 18.8. The number of rotatable bonds is 17. The zero-order valence-electron chi connectivity index (χ0n) is 34.9. The Morgan fingerprint density at radius 2 is 0.646 bits per heavy atom. The molecule has 0 aliphatic rings. The highest BCUT2D eigenvalue weighted by molar-refractivity contribution is 5.03. The van der Waals surface area contributed by atoms with E-state index in [0.29, 0.717) is 12.8 Å². The van der Waals surface area contributed by atoms with Gasteiger partial charge in [-0.1, -0.05) is 27.7 Å². The summed E-state index contributed by atoms with van der Waals surface area (Å²) in [5, 5.41) is 38.1. The molecule has 0 rings (SSSR count). The number of azo groups is 4. The molecule has 0 saturated carbocycles. The van der Waals surface area contributed by atoms with Crippen molar-refractivity contribution in [2.24, 2.45) is 52.7 Å². The first-order valence-electron chi connectivity index (χ1n) is 17.4. The monoisotopic (exact) mass is 683 g/mol. The van der Waals surface area contributed by atoms with E-state index in [0.717, 1.165) is 0 Å². The summed E-state index contributed by atoms with van der Waals surface area (Å²) in [5.41, 5.74) is -6.81. The first-order chi connectivity index (χ1) is 21.3. The van der Waals surface area contributed by atoms with Crippen LogP contribution in [0, 0.1) is 11.8 Å². The topological polar surface area (TPSA) is 136 Å². The molecule has 0 aliphatic carbocycles. The van der Waals surface area contributed by atoms with E-state index in [4.69, 9.17) is 49.9 Å². The average molecular weight is 683 g/mol. The number of nitrogens with zero attached hydrogens (tertiary/aromatic N) is 8. The Kier molecular flexibility index (Phi) is 16.3. The summed E-state index contributed by atoms with van der Waals surface area (Å²) in [6.07, 6.45) is 1.28. The Balaban J connectivity index is 7.89. The summed E-state index contributed by atoms with van der Waals surface area (Å²) in [6.45, 7) is 39.8. The normalized spacial score (nSPS) is 20.9. The largest absolute Gasteiger partial charge is 0.376 e. The fourth-order valence-corrected chi connectivity index (χ4v) is 5.19. The van der Waals surface area contributed by atoms with Crippen LogP contribution in [0.5, 0.6) is 0 Å². The Morgan fingerprint density at radius 3 is 0.833 bits per heavy atom. The molecule has 12 nitrogen and oxygen atoms in total. The van der Waals surface area contributed by atoms with Crippen molar-refractivity contribution in [3.63, 3.8) is 0 Å². The van der Waals surface area contributed by atoms with Gasteiger partial charge in [-0.3, -0.25) is 0 Å². The van der Waals surface area contributed by atoms with Gasteiger partial charge in [-0.05, 0) is 135 Å². The van der Waals surface area contributed by atoms with Gasteiger partial charge in [-0.15, -0.1) is 0 Å². The Bertz CT molecular complexity index is 1010. The van der Waals surface area contributed by atoms with Gasteiger partial charge in [0.1, 0.15) is 0 Å². The van der Waals surface area contributed by atoms with Crippen molar-refractivity contribution in [1.29, 1.82) is 0 Å². The zero-order valence-corrected chi connectivity index (χ0v) is 34.9. The van der Waals surface area contributed by atoms with Crippen LogP contribution >= 0.6 is 0 Å². The quantitative estimate of drug-likeness (QED) is 0.0856. The van der Waals surface area contributed by atoms with Crippen LogP contribution in [0.3, 0.4) is 0 Å². The van der Waals surface area contributed by atoms with E-state index in [2.05, 4.69) is 37.9 Å². The molecule has 0 heterocycles. The summed E-state index contributed by atoms with van der Waals surface area (Å²) in [6, 6.07) is -1.57. The fraction of sp³-hybridized carbons (Fsp3) is 1.00. The second-order valence-corrected chi connectivity index (χ2v) is 18.8. The molecule has 0 fully saturated rings. The molecule has 6 unspecified atom stereocenters. The van der Waals surface area contributed by atoms with Crippen molar-refractivity contribution in [2.75, 3.05) is 14.2 Å². The van der Waals surface area contributed by atoms with Crippen LogP contribution in [0.1, 0.15) is 151 Å². The smallest absolute Gasteiger partial charge is 0.236 e. The van der Waals surface area contributed by atoms with Gasteiger partial charge in [-0.2, -0.15) is 50.7 Å². The number of hydrogen-bond donors (Lipinski definition) is 0. The summed E-state index contributed by atoms with van der Waals surface area (Å²) >= 11 is 0. The Labute approximate surface area is 294 Å². The summed E-state index contributed by atoms with van der Waals surface area (Å²) in [4.78, 5) is 13.1. The Hall–Kier alpha value is -1.76. The third-order valence-corrected chi connectivity index (χ3v) is 7.15. The SMILES string of the molecule is COC(C)(CC(C)C)C(N=NC(C)(C)C)C(C)(N=NC(C)(C)C)OOC(C)(N=NC(C)(C)C)C(N=NC(C)(C)C)C(C)(CC(C)C)OC. The van der Waals surface area contributed by atoms with Crippen molar-refractivity contribution < 1.29 is 19.2 Å². The summed E-state index contributed by atoms with van der Waals surface area (Å²) in [7, 11) is 3.34. The van der Waals surface area contributed by atoms with Crippen molar-refractivity contribution in [3.05, 3.63) is 0 Å². The van der Waals surface area contributed by atoms with Crippen LogP contribution in [-0.2, 0) is 19.2 Å². The predicted molar refractivity (Wildman–Crippen MR) is 195 cm³/mol. The van der Waals surface area contributed by atoms with Crippen molar-refractivity contribution in [1.82, 2.24) is 0 Å². The summed E-state index contributed by atoms with van der Waals surface area (Å²) in [5.74, 6) is 0.525. The van der Waals surface area contributed by atoms with Crippen molar-refractivity contribution >= 4 is 0 Å². The Morgan fingerprint density at radius 1 is 0.396 bits per heavy atom. The lowest BCUT2D eigenvalue weighted by Crippen LogP contribution is -2.58. The molecule has 6 atom stereocenters. The van der Waals surface area contributed by atoms with Gasteiger partial charge in [0.2, 0.25) is 11.4 Å². The highest BCUT2D eigenvalue weighted by Crippen LogP contribution is 2.42.